The zero-order chi connectivity index (χ0) is 15.2. The van der Waals surface area contributed by atoms with Crippen molar-refractivity contribution in [3.05, 3.63) is 0 Å². The fourth-order valence-corrected chi connectivity index (χ4v) is 1.17. The lowest BCUT2D eigenvalue weighted by atomic mass is 10.1. The number of alkyl halides is 7. The Morgan fingerprint density at radius 3 is 1.79 bits per heavy atom. The first-order chi connectivity index (χ1) is 8.56. The first-order valence-corrected chi connectivity index (χ1v) is 5.57. The van der Waals surface area contributed by atoms with E-state index >= 15 is 0 Å². The Labute approximate surface area is 105 Å². The van der Waals surface area contributed by atoms with Gasteiger partial charge in [0.2, 0.25) is 0 Å². The number of aliphatic hydroxyl groups is 1. The average Bonchev–Trinajstić information content (AvgIpc) is 2.26. The van der Waals surface area contributed by atoms with Crippen LogP contribution >= 0.6 is 0 Å². The minimum absolute atomic E-state index is 0.0310. The number of ether oxygens (including phenoxy) is 1. The predicted octanol–water partition coefficient (Wildman–Crippen LogP) is 3.39. The lowest BCUT2D eigenvalue weighted by molar-refractivity contribution is -0.361. The summed E-state index contributed by atoms with van der Waals surface area (Å²) in [5, 5.41) is 8.42. The van der Waals surface area contributed by atoms with Crippen LogP contribution in [-0.2, 0) is 4.74 Å². The van der Waals surface area contributed by atoms with Gasteiger partial charge in [-0.25, -0.2) is 0 Å². The molecule has 116 valence electrons. The van der Waals surface area contributed by atoms with Gasteiger partial charge < -0.3 is 9.84 Å². The second kappa shape index (κ2) is 7.28. The first-order valence-electron chi connectivity index (χ1n) is 5.57. The number of hydrogen-bond acceptors (Lipinski definition) is 2. The lowest BCUT2D eigenvalue weighted by Crippen LogP contribution is -2.54. The van der Waals surface area contributed by atoms with Crippen molar-refractivity contribution in [2.45, 2.75) is 43.7 Å². The second-order valence-corrected chi connectivity index (χ2v) is 3.97. The van der Waals surface area contributed by atoms with Crippen LogP contribution in [0.3, 0.4) is 0 Å². The molecule has 0 atom stereocenters. The zero-order valence-corrected chi connectivity index (χ0v) is 9.95. The molecule has 0 bridgehead atoms. The van der Waals surface area contributed by atoms with Crippen LogP contribution in [0, 0.1) is 0 Å². The Hall–Kier alpha value is -0.570. The van der Waals surface area contributed by atoms with E-state index in [-0.39, 0.29) is 19.6 Å². The normalized spacial score (nSPS) is 13.9. The van der Waals surface area contributed by atoms with Crippen LogP contribution in [0.4, 0.5) is 30.7 Å². The van der Waals surface area contributed by atoms with E-state index in [0.29, 0.717) is 19.3 Å². The molecule has 0 aliphatic carbocycles. The molecular weight excluding hydrogens is 285 g/mol. The van der Waals surface area contributed by atoms with Crippen molar-refractivity contribution in [2.75, 3.05) is 19.8 Å². The van der Waals surface area contributed by atoms with Crippen molar-refractivity contribution in [3.8, 4) is 0 Å². The van der Waals surface area contributed by atoms with E-state index in [0.717, 1.165) is 0 Å². The van der Waals surface area contributed by atoms with Gasteiger partial charge in [-0.1, -0.05) is 12.8 Å². The number of rotatable bonds is 9. The van der Waals surface area contributed by atoms with E-state index in [1.807, 2.05) is 0 Å². The minimum atomic E-state index is -6.32. The van der Waals surface area contributed by atoms with Gasteiger partial charge in [0.1, 0.15) is 6.61 Å². The summed E-state index contributed by atoms with van der Waals surface area (Å²) in [6, 6.07) is 0. The highest BCUT2D eigenvalue weighted by atomic mass is 19.4. The maximum atomic E-state index is 12.7. The SMILES string of the molecule is OCCCCCCOCC(F)(F)C(F)(F)C(F)(F)F. The Morgan fingerprint density at radius 1 is 0.789 bits per heavy atom. The highest BCUT2D eigenvalue weighted by molar-refractivity contribution is 4.90. The molecule has 0 fully saturated rings. The third kappa shape index (κ3) is 5.52. The van der Waals surface area contributed by atoms with Crippen LogP contribution in [0.2, 0.25) is 0 Å². The third-order valence-electron chi connectivity index (χ3n) is 2.30. The summed E-state index contributed by atoms with van der Waals surface area (Å²) < 4.78 is 89.6. The summed E-state index contributed by atoms with van der Waals surface area (Å²) in [7, 11) is 0. The van der Waals surface area contributed by atoms with Gasteiger partial charge in [-0.3, -0.25) is 0 Å². The van der Waals surface area contributed by atoms with E-state index in [9.17, 15) is 30.7 Å². The topological polar surface area (TPSA) is 29.5 Å². The summed E-state index contributed by atoms with van der Waals surface area (Å²) in [6.45, 7) is -2.36. The van der Waals surface area contributed by atoms with Crippen molar-refractivity contribution >= 4 is 0 Å². The molecule has 0 amide bonds. The van der Waals surface area contributed by atoms with Crippen LogP contribution in [-0.4, -0.2) is 42.9 Å². The fraction of sp³-hybridized carbons (Fsp3) is 1.00. The van der Waals surface area contributed by atoms with Crippen molar-refractivity contribution < 1.29 is 40.6 Å². The molecule has 0 aromatic carbocycles. The van der Waals surface area contributed by atoms with Gasteiger partial charge >= 0.3 is 18.0 Å². The van der Waals surface area contributed by atoms with E-state index in [4.69, 9.17) is 5.11 Å². The van der Waals surface area contributed by atoms with E-state index < -0.39 is 24.6 Å². The van der Waals surface area contributed by atoms with Crippen LogP contribution in [0.15, 0.2) is 0 Å². The molecule has 0 rings (SSSR count). The van der Waals surface area contributed by atoms with Crippen LogP contribution in [0.5, 0.6) is 0 Å². The molecule has 0 heterocycles. The molecule has 0 radical (unpaired) electrons. The van der Waals surface area contributed by atoms with Crippen molar-refractivity contribution in [1.29, 1.82) is 0 Å². The van der Waals surface area contributed by atoms with E-state index in [2.05, 4.69) is 4.74 Å². The van der Waals surface area contributed by atoms with Crippen LogP contribution in [0.25, 0.3) is 0 Å². The maximum absolute atomic E-state index is 12.7. The molecule has 19 heavy (non-hydrogen) atoms. The average molecular weight is 300 g/mol. The number of hydrogen-bond donors (Lipinski definition) is 1. The molecule has 0 aliphatic rings. The summed E-state index contributed by atoms with van der Waals surface area (Å²) in [6.07, 6.45) is -4.48. The van der Waals surface area contributed by atoms with Crippen molar-refractivity contribution in [3.63, 3.8) is 0 Å². The first kappa shape index (κ1) is 18.4. The van der Waals surface area contributed by atoms with Crippen LogP contribution < -0.4 is 0 Å². The summed E-state index contributed by atoms with van der Waals surface area (Å²) in [5.74, 6) is -11.4. The van der Waals surface area contributed by atoms with Gasteiger partial charge in [0, 0.05) is 13.2 Å². The Balaban J connectivity index is 4.04. The summed E-state index contributed by atoms with van der Waals surface area (Å²) in [5.41, 5.74) is 0. The minimum Gasteiger partial charge on any atom is -0.396 e. The Morgan fingerprint density at radius 2 is 1.32 bits per heavy atom. The smallest absolute Gasteiger partial charge is 0.396 e. The highest BCUT2D eigenvalue weighted by Crippen LogP contribution is 2.46. The third-order valence-corrected chi connectivity index (χ3v) is 2.30. The second-order valence-electron chi connectivity index (χ2n) is 3.97. The van der Waals surface area contributed by atoms with Crippen LogP contribution in [0.1, 0.15) is 25.7 Å². The van der Waals surface area contributed by atoms with Crippen molar-refractivity contribution in [2.24, 2.45) is 0 Å². The summed E-state index contributed by atoms with van der Waals surface area (Å²) in [4.78, 5) is 0. The predicted molar refractivity (Wildman–Crippen MR) is 52.3 cm³/mol. The largest absolute Gasteiger partial charge is 0.459 e. The quantitative estimate of drug-likeness (QED) is 0.522. The molecule has 2 nitrogen and oxygen atoms in total. The van der Waals surface area contributed by atoms with Gasteiger partial charge in [-0.2, -0.15) is 30.7 Å². The maximum Gasteiger partial charge on any atom is 0.459 e. The van der Waals surface area contributed by atoms with Gasteiger partial charge in [-0.05, 0) is 12.8 Å². The molecule has 0 saturated carbocycles. The molecule has 1 N–H and O–H groups in total. The Kier molecular flexibility index (Phi) is 7.06. The standard InChI is InChI=1S/C10H15F7O2/c11-8(12,9(13,14)10(15,16)17)7-19-6-4-2-1-3-5-18/h18H,1-7H2. The van der Waals surface area contributed by atoms with Gasteiger partial charge in [0.05, 0.1) is 0 Å². The van der Waals surface area contributed by atoms with Gasteiger partial charge in [-0.15, -0.1) is 0 Å². The number of unbranched alkanes of at least 4 members (excludes halogenated alkanes) is 3. The van der Waals surface area contributed by atoms with Gasteiger partial charge in [0.25, 0.3) is 0 Å². The molecular formula is C10H15F7O2. The zero-order valence-electron chi connectivity index (χ0n) is 9.95. The fourth-order valence-electron chi connectivity index (χ4n) is 1.17. The molecule has 0 aromatic rings. The molecule has 9 heteroatoms. The summed E-state index contributed by atoms with van der Waals surface area (Å²) >= 11 is 0. The molecule has 0 unspecified atom stereocenters. The number of halogens is 7. The lowest BCUT2D eigenvalue weighted by Gasteiger charge is -2.27. The van der Waals surface area contributed by atoms with Crippen molar-refractivity contribution in [1.82, 2.24) is 0 Å². The van der Waals surface area contributed by atoms with E-state index in [1.54, 1.807) is 0 Å². The molecule has 0 aromatic heterocycles. The highest BCUT2D eigenvalue weighted by Gasteiger charge is 2.72. The molecule has 0 spiro atoms. The Bertz CT molecular complexity index is 253. The van der Waals surface area contributed by atoms with E-state index in [1.165, 1.54) is 0 Å². The molecule has 0 saturated heterocycles. The molecule has 0 aliphatic heterocycles. The van der Waals surface area contributed by atoms with Gasteiger partial charge in [0.15, 0.2) is 0 Å². The number of aliphatic hydroxyl groups excluding tert-OH is 1. The monoisotopic (exact) mass is 300 g/mol.